The first-order valence-electron chi connectivity index (χ1n) is 8.96. The van der Waals surface area contributed by atoms with Crippen LogP contribution in [0, 0.1) is 0 Å². The van der Waals surface area contributed by atoms with E-state index in [0.717, 1.165) is 12.8 Å². The molecule has 3 heteroatoms. The number of hydrogen-bond acceptors (Lipinski definition) is 3. The van der Waals surface area contributed by atoms with Crippen LogP contribution < -0.4 is 0 Å². The Morgan fingerprint density at radius 3 is 2.56 bits per heavy atom. The second-order valence-corrected chi connectivity index (χ2v) is 5.74. The van der Waals surface area contributed by atoms with Crippen LogP contribution in [0.2, 0.25) is 0 Å². The number of carbonyl (C=O) groups is 2. The largest absolute Gasteiger partial charge is 0.454 e. The molecule has 0 N–H and O–H groups in total. The van der Waals surface area contributed by atoms with E-state index < -0.39 is 6.10 Å². The van der Waals surface area contributed by atoms with Gasteiger partial charge >= 0.3 is 5.97 Å². The minimum atomic E-state index is -0.442. The Kier molecular flexibility index (Phi) is 11.5. The quantitative estimate of drug-likeness (QED) is 0.167. The number of benzene rings is 1. The molecule has 0 heterocycles. The Morgan fingerprint density at radius 2 is 1.84 bits per heavy atom. The molecular weight excluding hydrogens is 312 g/mol. The predicted octanol–water partition coefficient (Wildman–Crippen LogP) is 5.44. The maximum atomic E-state index is 12.1. The van der Waals surface area contributed by atoms with Gasteiger partial charge in [-0.25, -0.2) is 4.79 Å². The van der Waals surface area contributed by atoms with E-state index in [-0.39, 0.29) is 5.97 Å². The number of hydrogen-bond donors (Lipinski definition) is 0. The van der Waals surface area contributed by atoms with E-state index in [0.29, 0.717) is 18.3 Å². The van der Waals surface area contributed by atoms with Crippen LogP contribution in [0.1, 0.15) is 55.8 Å². The van der Waals surface area contributed by atoms with Crippen molar-refractivity contribution >= 4 is 12.3 Å². The molecule has 0 aliphatic rings. The zero-order valence-electron chi connectivity index (χ0n) is 15.0. The van der Waals surface area contributed by atoms with Gasteiger partial charge in [-0.15, -0.1) is 0 Å². The number of allylic oxidation sites excluding steroid dienone is 4. The second-order valence-electron chi connectivity index (χ2n) is 5.74. The van der Waals surface area contributed by atoms with E-state index in [4.69, 9.17) is 4.74 Å². The van der Waals surface area contributed by atoms with Crippen LogP contribution in [0.15, 0.2) is 66.8 Å². The van der Waals surface area contributed by atoms with Crippen molar-refractivity contribution in [2.45, 2.75) is 51.6 Å². The molecule has 0 aliphatic heterocycles. The van der Waals surface area contributed by atoms with Crippen molar-refractivity contribution in [3.05, 3.63) is 72.4 Å². The molecule has 134 valence electrons. The highest BCUT2D eigenvalue weighted by Crippen LogP contribution is 2.09. The highest BCUT2D eigenvalue weighted by Gasteiger charge is 2.11. The fourth-order valence-electron chi connectivity index (χ4n) is 2.25. The summed E-state index contributed by atoms with van der Waals surface area (Å²) in [6.45, 7) is 2.20. The molecule has 0 saturated carbocycles. The van der Waals surface area contributed by atoms with Gasteiger partial charge in [0, 0.05) is 6.42 Å². The maximum absolute atomic E-state index is 12.1. The molecule has 0 amide bonds. The standard InChI is InChI=1S/C22H28O3/c1-2-3-4-5-6-7-8-9-13-17-21(18-14-19-23)25-22(24)20-15-11-10-12-16-20/h6-7,9-16,18-19,21H,2-5,8,17H2,1H3/b7-6-,13-9-,18-14+. The molecule has 3 nitrogen and oxygen atoms in total. The zero-order chi connectivity index (χ0) is 18.2. The number of rotatable bonds is 12. The third-order valence-electron chi connectivity index (χ3n) is 3.62. The van der Waals surface area contributed by atoms with Crippen LogP contribution in [0.4, 0.5) is 0 Å². The molecule has 0 fully saturated rings. The average Bonchev–Trinajstić information content (AvgIpc) is 2.65. The Hall–Kier alpha value is -2.42. The zero-order valence-corrected chi connectivity index (χ0v) is 15.0. The molecule has 1 rings (SSSR count). The molecule has 1 aromatic carbocycles. The first-order chi connectivity index (χ1) is 12.3. The van der Waals surface area contributed by atoms with Gasteiger partial charge in [0.2, 0.25) is 0 Å². The van der Waals surface area contributed by atoms with Crippen LogP contribution in [-0.2, 0) is 9.53 Å². The third-order valence-corrected chi connectivity index (χ3v) is 3.62. The number of unbranched alkanes of at least 4 members (excludes halogenated alkanes) is 3. The highest BCUT2D eigenvalue weighted by atomic mass is 16.5. The maximum Gasteiger partial charge on any atom is 0.338 e. The SMILES string of the molecule is CCCCC/C=C\C/C=C\CC(/C=C/C=O)OC(=O)c1ccccc1. The Morgan fingerprint density at radius 1 is 1.08 bits per heavy atom. The smallest absolute Gasteiger partial charge is 0.338 e. The van der Waals surface area contributed by atoms with E-state index in [9.17, 15) is 9.59 Å². The van der Waals surface area contributed by atoms with Gasteiger partial charge in [0.25, 0.3) is 0 Å². The summed E-state index contributed by atoms with van der Waals surface area (Å²) in [7, 11) is 0. The average molecular weight is 340 g/mol. The van der Waals surface area contributed by atoms with Crippen molar-refractivity contribution in [3.63, 3.8) is 0 Å². The van der Waals surface area contributed by atoms with Crippen LogP contribution in [0.3, 0.4) is 0 Å². The summed E-state index contributed by atoms with van der Waals surface area (Å²) in [4.78, 5) is 22.6. The molecular formula is C22H28O3. The lowest BCUT2D eigenvalue weighted by Crippen LogP contribution is -2.15. The number of ether oxygens (including phenoxy) is 1. The predicted molar refractivity (Wildman–Crippen MR) is 103 cm³/mol. The summed E-state index contributed by atoms with van der Waals surface area (Å²) in [5.41, 5.74) is 0.506. The molecule has 1 aromatic rings. The molecule has 0 aromatic heterocycles. The fourth-order valence-corrected chi connectivity index (χ4v) is 2.25. The lowest BCUT2D eigenvalue weighted by Gasteiger charge is -2.12. The van der Waals surface area contributed by atoms with E-state index in [1.54, 1.807) is 30.3 Å². The number of aldehydes is 1. The molecule has 0 radical (unpaired) electrons. The third kappa shape index (κ3) is 10.1. The molecule has 0 spiro atoms. The van der Waals surface area contributed by atoms with E-state index in [2.05, 4.69) is 25.2 Å². The van der Waals surface area contributed by atoms with Gasteiger partial charge in [-0.1, -0.05) is 62.3 Å². The Bertz CT molecular complexity index is 570. The summed E-state index contributed by atoms with van der Waals surface area (Å²) in [5, 5.41) is 0. The van der Waals surface area contributed by atoms with E-state index >= 15 is 0 Å². The number of carbonyl (C=O) groups excluding carboxylic acids is 2. The summed E-state index contributed by atoms with van der Waals surface area (Å²) in [6, 6.07) is 8.85. The van der Waals surface area contributed by atoms with Gasteiger partial charge in [0.1, 0.15) is 12.4 Å². The summed E-state index contributed by atoms with van der Waals surface area (Å²) in [6.07, 6.45) is 17.9. The summed E-state index contributed by atoms with van der Waals surface area (Å²) in [5.74, 6) is -0.384. The van der Waals surface area contributed by atoms with E-state index in [1.807, 2.05) is 12.1 Å². The van der Waals surface area contributed by atoms with Crippen LogP contribution in [-0.4, -0.2) is 18.4 Å². The molecule has 1 atom stereocenters. The monoisotopic (exact) mass is 340 g/mol. The van der Waals surface area contributed by atoms with Gasteiger partial charge in [0.15, 0.2) is 0 Å². The summed E-state index contributed by atoms with van der Waals surface area (Å²) >= 11 is 0. The number of esters is 1. The van der Waals surface area contributed by atoms with Crippen LogP contribution in [0.5, 0.6) is 0 Å². The molecule has 25 heavy (non-hydrogen) atoms. The van der Waals surface area contributed by atoms with Crippen molar-refractivity contribution in [2.24, 2.45) is 0 Å². The minimum absolute atomic E-state index is 0.384. The van der Waals surface area contributed by atoms with Crippen molar-refractivity contribution < 1.29 is 14.3 Å². The summed E-state index contributed by atoms with van der Waals surface area (Å²) < 4.78 is 5.46. The van der Waals surface area contributed by atoms with Crippen molar-refractivity contribution in [3.8, 4) is 0 Å². The van der Waals surface area contributed by atoms with Gasteiger partial charge in [-0.3, -0.25) is 4.79 Å². The van der Waals surface area contributed by atoms with E-state index in [1.165, 1.54) is 25.3 Å². The van der Waals surface area contributed by atoms with Gasteiger partial charge in [-0.2, -0.15) is 0 Å². The van der Waals surface area contributed by atoms with Gasteiger partial charge < -0.3 is 4.74 Å². The van der Waals surface area contributed by atoms with Crippen molar-refractivity contribution in [1.29, 1.82) is 0 Å². The normalized spacial score (nSPS) is 12.8. The Balaban J connectivity index is 2.42. The van der Waals surface area contributed by atoms with Gasteiger partial charge in [-0.05, 0) is 43.5 Å². The molecule has 0 bridgehead atoms. The Labute approximate surface area is 151 Å². The minimum Gasteiger partial charge on any atom is -0.454 e. The van der Waals surface area contributed by atoms with Crippen molar-refractivity contribution in [1.82, 2.24) is 0 Å². The first-order valence-corrected chi connectivity index (χ1v) is 8.96. The van der Waals surface area contributed by atoms with Crippen molar-refractivity contribution in [2.75, 3.05) is 0 Å². The molecule has 0 saturated heterocycles. The van der Waals surface area contributed by atoms with Crippen LogP contribution >= 0.6 is 0 Å². The molecule has 0 aliphatic carbocycles. The van der Waals surface area contributed by atoms with Gasteiger partial charge in [0.05, 0.1) is 5.56 Å². The fraction of sp³-hybridized carbons (Fsp3) is 0.364. The molecule has 1 unspecified atom stereocenters. The topological polar surface area (TPSA) is 43.4 Å². The lowest BCUT2D eigenvalue weighted by atomic mass is 10.1. The lowest BCUT2D eigenvalue weighted by molar-refractivity contribution is -0.104. The second kappa shape index (κ2) is 14.0. The highest BCUT2D eigenvalue weighted by molar-refractivity contribution is 5.89. The van der Waals surface area contributed by atoms with Crippen LogP contribution in [0.25, 0.3) is 0 Å². The first kappa shape index (κ1) is 20.6.